The van der Waals surface area contributed by atoms with Crippen molar-refractivity contribution in [3.63, 3.8) is 0 Å². The van der Waals surface area contributed by atoms with Crippen molar-refractivity contribution < 1.29 is 0 Å². The van der Waals surface area contributed by atoms with Crippen molar-refractivity contribution in [2.75, 3.05) is 0 Å². The molecular weight excluding hydrogens is 278 g/mol. The van der Waals surface area contributed by atoms with Crippen LogP contribution in [0.3, 0.4) is 0 Å². The van der Waals surface area contributed by atoms with Gasteiger partial charge in [-0.1, -0.05) is 54.6 Å². The van der Waals surface area contributed by atoms with Gasteiger partial charge in [-0.25, -0.2) is 0 Å². The van der Waals surface area contributed by atoms with Gasteiger partial charge in [0, 0.05) is 21.7 Å². The molecule has 0 bridgehead atoms. The summed E-state index contributed by atoms with van der Waals surface area (Å²) in [5.74, 6) is 0. The largest absolute Gasteiger partial charge is 0.251 e. The number of hydrogen-bond donors (Lipinski definition) is 0. The fourth-order valence-electron chi connectivity index (χ4n) is 4.44. The standard InChI is InChI=1S/C22H15N/c1-2-4-16-13(3-1)7-11-18-17-10-8-14-5-6-15-9-12-19(23-22(16)18)21(17)20(14)15/h1,3-8,10-11H,2,9,12H2. The summed E-state index contributed by atoms with van der Waals surface area (Å²) in [7, 11) is 0. The maximum Gasteiger partial charge on any atom is 0.0787 e. The van der Waals surface area contributed by atoms with Gasteiger partial charge < -0.3 is 0 Å². The Labute approximate surface area is 134 Å². The van der Waals surface area contributed by atoms with E-state index in [9.17, 15) is 0 Å². The number of aryl methyl sites for hydroxylation is 1. The summed E-state index contributed by atoms with van der Waals surface area (Å²) < 4.78 is 0. The fourth-order valence-corrected chi connectivity index (χ4v) is 4.44. The zero-order chi connectivity index (χ0) is 15.0. The van der Waals surface area contributed by atoms with Gasteiger partial charge in [0.15, 0.2) is 0 Å². The number of allylic oxidation sites excluding steroid dienone is 2. The van der Waals surface area contributed by atoms with Crippen LogP contribution < -0.4 is 10.4 Å². The van der Waals surface area contributed by atoms with Crippen LogP contribution in [-0.4, -0.2) is 4.98 Å². The second-order valence-electron chi connectivity index (χ2n) is 6.68. The molecule has 0 fully saturated rings. The van der Waals surface area contributed by atoms with E-state index in [-0.39, 0.29) is 0 Å². The zero-order valence-corrected chi connectivity index (χ0v) is 12.8. The minimum Gasteiger partial charge on any atom is -0.251 e. The first-order valence-electron chi connectivity index (χ1n) is 8.36. The van der Waals surface area contributed by atoms with E-state index in [1.165, 1.54) is 54.5 Å². The Morgan fingerprint density at radius 3 is 2.74 bits per heavy atom. The summed E-state index contributed by atoms with van der Waals surface area (Å²) in [6.07, 6.45) is 14.5. The van der Waals surface area contributed by atoms with Gasteiger partial charge in [0.25, 0.3) is 0 Å². The van der Waals surface area contributed by atoms with E-state index in [0.717, 1.165) is 19.3 Å². The van der Waals surface area contributed by atoms with Crippen LogP contribution in [0.5, 0.6) is 0 Å². The third-order valence-corrected chi connectivity index (χ3v) is 5.49. The van der Waals surface area contributed by atoms with Crippen molar-refractivity contribution in [2.45, 2.75) is 19.3 Å². The van der Waals surface area contributed by atoms with Crippen LogP contribution in [0.25, 0.3) is 45.5 Å². The van der Waals surface area contributed by atoms with Crippen LogP contribution in [0.1, 0.15) is 29.7 Å². The monoisotopic (exact) mass is 293 g/mol. The Hall–Kier alpha value is -2.67. The minimum absolute atomic E-state index is 1.01. The van der Waals surface area contributed by atoms with Crippen LogP contribution in [0.2, 0.25) is 0 Å². The number of pyridine rings is 1. The molecule has 0 radical (unpaired) electrons. The Bertz CT molecular complexity index is 1220. The quantitative estimate of drug-likeness (QED) is 0.576. The molecule has 0 saturated heterocycles. The highest BCUT2D eigenvalue weighted by atomic mass is 14.7. The van der Waals surface area contributed by atoms with E-state index < -0.39 is 0 Å². The van der Waals surface area contributed by atoms with Gasteiger partial charge in [0.2, 0.25) is 0 Å². The van der Waals surface area contributed by atoms with Gasteiger partial charge >= 0.3 is 0 Å². The molecule has 108 valence electrons. The Morgan fingerprint density at radius 2 is 1.74 bits per heavy atom. The summed E-state index contributed by atoms with van der Waals surface area (Å²) in [5, 5.41) is 6.82. The molecule has 0 spiro atoms. The first kappa shape index (κ1) is 11.8. The number of aromatic nitrogens is 1. The molecule has 0 saturated carbocycles. The Morgan fingerprint density at radius 1 is 0.826 bits per heavy atom. The molecule has 1 heteroatoms. The lowest BCUT2D eigenvalue weighted by Crippen LogP contribution is -2.18. The van der Waals surface area contributed by atoms with E-state index >= 15 is 0 Å². The van der Waals surface area contributed by atoms with Crippen LogP contribution in [-0.2, 0) is 6.42 Å². The van der Waals surface area contributed by atoms with Crippen molar-refractivity contribution in [1.82, 2.24) is 4.98 Å². The van der Waals surface area contributed by atoms with Gasteiger partial charge in [-0.15, -0.1) is 0 Å². The third-order valence-electron chi connectivity index (χ3n) is 5.49. The average Bonchev–Trinajstić information content (AvgIpc) is 3.04. The van der Waals surface area contributed by atoms with Gasteiger partial charge in [-0.05, 0) is 46.6 Å². The maximum absolute atomic E-state index is 5.14. The summed E-state index contributed by atoms with van der Waals surface area (Å²) in [6, 6.07) is 9.07. The SMILES string of the molecule is C1=Cc2ccc3c(nc4c5c6c(ccc53)C=CC=6CC4)c2=CC1. The molecule has 1 aromatic heterocycles. The molecule has 6 rings (SSSR count). The zero-order valence-electron chi connectivity index (χ0n) is 12.8. The predicted molar refractivity (Wildman–Crippen MR) is 97.4 cm³/mol. The van der Waals surface area contributed by atoms with Gasteiger partial charge in [0.1, 0.15) is 0 Å². The molecule has 1 heterocycles. The van der Waals surface area contributed by atoms with Crippen molar-refractivity contribution in [1.29, 1.82) is 0 Å². The molecule has 0 unspecified atom stereocenters. The van der Waals surface area contributed by atoms with E-state index in [4.69, 9.17) is 4.98 Å². The van der Waals surface area contributed by atoms with Gasteiger partial charge in [-0.3, -0.25) is 4.98 Å². The molecule has 0 amide bonds. The molecule has 3 aromatic rings. The van der Waals surface area contributed by atoms with Gasteiger partial charge in [0.05, 0.1) is 5.52 Å². The molecule has 3 aliphatic rings. The summed E-state index contributed by atoms with van der Waals surface area (Å²) in [4.78, 5) is 5.14. The number of nitrogens with zero attached hydrogens (tertiary/aromatic N) is 1. The lowest BCUT2D eigenvalue weighted by atomic mass is 9.90. The second-order valence-corrected chi connectivity index (χ2v) is 6.68. The second kappa shape index (κ2) is 3.99. The number of hydrogen-bond acceptors (Lipinski definition) is 1. The van der Waals surface area contributed by atoms with Crippen LogP contribution >= 0.6 is 0 Å². The molecule has 0 atom stereocenters. The van der Waals surface area contributed by atoms with E-state index in [2.05, 4.69) is 54.6 Å². The number of benzene rings is 2. The first-order valence-corrected chi connectivity index (χ1v) is 8.36. The lowest BCUT2D eigenvalue weighted by molar-refractivity contribution is 0.967. The molecule has 1 nitrogen and oxygen atoms in total. The van der Waals surface area contributed by atoms with Crippen LogP contribution in [0, 0.1) is 0 Å². The Kier molecular flexibility index (Phi) is 2.06. The van der Waals surface area contributed by atoms with Crippen molar-refractivity contribution in [2.24, 2.45) is 0 Å². The molecule has 0 aliphatic heterocycles. The average molecular weight is 293 g/mol. The van der Waals surface area contributed by atoms with Crippen molar-refractivity contribution >= 4 is 45.5 Å². The topological polar surface area (TPSA) is 12.9 Å². The highest BCUT2D eigenvalue weighted by Gasteiger charge is 2.20. The van der Waals surface area contributed by atoms with Crippen molar-refractivity contribution in [3.05, 3.63) is 63.7 Å². The number of rotatable bonds is 0. The van der Waals surface area contributed by atoms with E-state index in [1.54, 1.807) is 0 Å². The fraction of sp³-hybridized carbons (Fsp3) is 0.136. The van der Waals surface area contributed by atoms with Crippen LogP contribution in [0.15, 0.2) is 36.4 Å². The summed E-state index contributed by atoms with van der Waals surface area (Å²) in [5.41, 5.74) is 6.62. The molecular formula is C22H15N. The lowest BCUT2D eigenvalue weighted by Gasteiger charge is -2.17. The summed E-state index contributed by atoms with van der Waals surface area (Å²) >= 11 is 0. The molecule has 3 aliphatic carbocycles. The maximum atomic E-state index is 5.14. The third kappa shape index (κ3) is 1.40. The molecule has 2 aromatic carbocycles. The highest BCUT2D eigenvalue weighted by molar-refractivity contribution is 6.10. The van der Waals surface area contributed by atoms with Crippen molar-refractivity contribution in [3.8, 4) is 0 Å². The molecule has 23 heavy (non-hydrogen) atoms. The smallest absolute Gasteiger partial charge is 0.0787 e. The first-order chi connectivity index (χ1) is 11.4. The minimum atomic E-state index is 1.01. The molecule has 0 N–H and O–H groups in total. The predicted octanol–water partition coefficient (Wildman–Crippen LogP) is 3.71. The summed E-state index contributed by atoms with van der Waals surface area (Å²) in [6.45, 7) is 0. The normalized spacial score (nSPS) is 17.0. The Balaban J connectivity index is 1.92. The van der Waals surface area contributed by atoms with E-state index in [0.29, 0.717) is 0 Å². The number of fused-ring (bicyclic) bond motifs is 4. The van der Waals surface area contributed by atoms with Crippen LogP contribution in [0.4, 0.5) is 0 Å². The van der Waals surface area contributed by atoms with Gasteiger partial charge in [-0.2, -0.15) is 0 Å². The van der Waals surface area contributed by atoms with E-state index in [1.807, 2.05) is 0 Å². The highest BCUT2D eigenvalue weighted by Crippen LogP contribution is 2.31.